The van der Waals surface area contributed by atoms with Gasteiger partial charge in [-0.15, -0.1) is 12.4 Å². The summed E-state index contributed by atoms with van der Waals surface area (Å²) in [4.78, 5) is 27.3. The van der Waals surface area contributed by atoms with Gasteiger partial charge in [0.15, 0.2) is 0 Å². The lowest BCUT2D eigenvalue weighted by Crippen LogP contribution is -2.32. The smallest absolute Gasteiger partial charge is 0.256 e. The van der Waals surface area contributed by atoms with Crippen LogP contribution in [0.4, 0.5) is 10.1 Å². The van der Waals surface area contributed by atoms with Crippen LogP contribution in [0, 0.1) is 5.82 Å². The van der Waals surface area contributed by atoms with Crippen LogP contribution in [-0.4, -0.2) is 42.4 Å². The Morgan fingerprint density at radius 3 is 2.68 bits per heavy atom. The Morgan fingerprint density at radius 1 is 1.32 bits per heavy atom. The van der Waals surface area contributed by atoms with Crippen LogP contribution in [0.25, 0.3) is 0 Å². The molecule has 2 saturated heterocycles. The Morgan fingerprint density at radius 2 is 2.09 bits per heavy atom. The van der Waals surface area contributed by atoms with Gasteiger partial charge in [-0.05, 0) is 31.0 Å². The van der Waals surface area contributed by atoms with Gasteiger partial charge in [-0.3, -0.25) is 9.59 Å². The van der Waals surface area contributed by atoms with E-state index in [0.29, 0.717) is 31.7 Å². The van der Waals surface area contributed by atoms with Crippen molar-refractivity contribution >= 4 is 29.9 Å². The summed E-state index contributed by atoms with van der Waals surface area (Å²) in [7, 11) is 0. The summed E-state index contributed by atoms with van der Waals surface area (Å²) in [6.45, 7) is 1.62. The van der Waals surface area contributed by atoms with Crippen molar-refractivity contribution in [2.45, 2.75) is 25.3 Å². The van der Waals surface area contributed by atoms with Gasteiger partial charge in [0, 0.05) is 37.8 Å². The molecule has 1 atom stereocenters. The zero-order valence-electron chi connectivity index (χ0n) is 12.1. The van der Waals surface area contributed by atoms with Crippen LogP contribution in [0.15, 0.2) is 18.2 Å². The quantitative estimate of drug-likeness (QED) is 0.896. The average molecular weight is 328 g/mol. The molecule has 0 aliphatic carbocycles. The molecule has 2 fully saturated rings. The summed E-state index contributed by atoms with van der Waals surface area (Å²) < 4.78 is 14.0. The predicted molar refractivity (Wildman–Crippen MR) is 83.7 cm³/mol. The van der Waals surface area contributed by atoms with Gasteiger partial charge in [-0.25, -0.2) is 4.39 Å². The number of likely N-dealkylation sites (tertiary alicyclic amines) is 1. The van der Waals surface area contributed by atoms with Crippen molar-refractivity contribution in [1.29, 1.82) is 0 Å². The molecule has 7 heteroatoms. The monoisotopic (exact) mass is 327 g/mol. The van der Waals surface area contributed by atoms with Crippen LogP contribution in [0.3, 0.4) is 0 Å². The number of carbonyl (C=O) groups is 2. The molecule has 2 aliphatic heterocycles. The standard InChI is InChI=1S/C15H18FN3O2.ClH/c16-13-4-3-11(19-6-1-2-14(19)20)8-12(13)15(21)18-7-5-10(17)9-18;/h3-4,8,10H,1-2,5-7,9,17H2;1H/t10-;/m0./s1. The van der Waals surface area contributed by atoms with Gasteiger partial charge in [0.05, 0.1) is 5.56 Å². The molecule has 2 N–H and O–H groups in total. The molecule has 22 heavy (non-hydrogen) atoms. The highest BCUT2D eigenvalue weighted by Gasteiger charge is 2.28. The Hall–Kier alpha value is -1.66. The maximum atomic E-state index is 14.0. The fourth-order valence-electron chi connectivity index (χ4n) is 2.91. The zero-order chi connectivity index (χ0) is 15.0. The molecule has 0 aromatic heterocycles. The van der Waals surface area contributed by atoms with E-state index in [4.69, 9.17) is 5.73 Å². The Balaban J connectivity index is 0.00000176. The number of nitrogens with two attached hydrogens (primary N) is 1. The number of rotatable bonds is 2. The molecule has 0 radical (unpaired) electrons. The van der Waals surface area contributed by atoms with E-state index in [-0.39, 0.29) is 35.8 Å². The highest BCUT2D eigenvalue weighted by atomic mass is 35.5. The second kappa shape index (κ2) is 6.62. The minimum Gasteiger partial charge on any atom is -0.337 e. The molecule has 3 rings (SSSR count). The topological polar surface area (TPSA) is 66.6 Å². The Labute approximate surface area is 134 Å². The summed E-state index contributed by atoms with van der Waals surface area (Å²) in [6, 6.07) is 4.24. The van der Waals surface area contributed by atoms with Gasteiger partial charge in [0.2, 0.25) is 5.91 Å². The lowest BCUT2D eigenvalue weighted by atomic mass is 10.1. The molecule has 5 nitrogen and oxygen atoms in total. The van der Waals surface area contributed by atoms with E-state index in [0.717, 1.165) is 12.8 Å². The normalized spacial score (nSPS) is 21.2. The van der Waals surface area contributed by atoms with Crippen molar-refractivity contribution < 1.29 is 14.0 Å². The van der Waals surface area contributed by atoms with Gasteiger partial charge in [-0.1, -0.05) is 0 Å². The molecule has 0 spiro atoms. The first-order valence-corrected chi connectivity index (χ1v) is 7.21. The van der Waals surface area contributed by atoms with Crippen molar-refractivity contribution in [1.82, 2.24) is 4.90 Å². The number of carbonyl (C=O) groups excluding carboxylic acids is 2. The third-order valence-corrected chi connectivity index (χ3v) is 4.08. The van der Waals surface area contributed by atoms with Crippen LogP contribution in [0.2, 0.25) is 0 Å². The highest BCUT2D eigenvalue weighted by molar-refractivity contribution is 5.99. The summed E-state index contributed by atoms with van der Waals surface area (Å²) in [6.07, 6.45) is 2.03. The molecule has 120 valence electrons. The van der Waals surface area contributed by atoms with Gasteiger partial charge in [-0.2, -0.15) is 0 Å². The van der Waals surface area contributed by atoms with E-state index in [1.807, 2.05) is 0 Å². The van der Waals surface area contributed by atoms with Crippen LogP contribution in [0.5, 0.6) is 0 Å². The van der Waals surface area contributed by atoms with Crippen molar-refractivity contribution in [3.63, 3.8) is 0 Å². The van der Waals surface area contributed by atoms with Crippen molar-refractivity contribution in [3.8, 4) is 0 Å². The van der Waals surface area contributed by atoms with Crippen LogP contribution < -0.4 is 10.6 Å². The third kappa shape index (κ3) is 3.08. The molecule has 0 unspecified atom stereocenters. The summed E-state index contributed by atoms with van der Waals surface area (Å²) in [5.74, 6) is -0.895. The van der Waals surface area contributed by atoms with Crippen LogP contribution in [-0.2, 0) is 4.79 Å². The van der Waals surface area contributed by atoms with E-state index >= 15 is 0 Å². The first kappa shape index (κ1) is 16.7. The summed E-state index contributed by atoms with van der Waals surface area (Å²) >= 11 is 0. The first-order chi connectivity index (χ1) is 10.1. The minimum absolute atomic E-state index is 0. The Bertz CT molecular complexity index is 596. The third-order valence-electron chi connectivity index (χ3n) is 4.08. The van der Waals surface area contributed by atoms with Crippen molar-refractivity contribution in [2.75, 3.05) is 24.5 Å². The van der Waals surface area contributed by atoms with E-state index < -0.39 is 5.82 Å². The first-order valence-electron chi connectivity index (χ1n) is 7.21. The molecule has 1 aromatic carbocycles. The van der Waals surface area contributed by atoms with Gasteiger partial charge < -0.3 is 15.5 Å². The fraction of sp³-hybridized carbons (Fsp3) is 0.467. The number of anilines is 1. The molecule has 2 amide bonds. The molecule has 2 heterocycles. The second-order valence-corrected chi connectivity index (χ2v) is 5.61. The fourth-order valence-corrected chi connectivity index (χ4v) is 2.91. The maximum Gasteiger partial charge on any atom is 0.256 e. The molecular formula is C15H19ClFN3O2. The lowest BCUT2D eigenvalue weighted by molar-refractivity contribution is -0.117. The summed E-state index contributed by atoms with van der Waals surface area (Å²) in [5, 5.41) is 0. The second-order valence-electron chi connectivity index (χ2n) is 5.61. The SMILES string of the molecule is Cl.N[C@H]1CCN(C(=O)c2cc(N3CCCC3=O)ccc2F)C1. The van der Waals surface area contributed by atoms with E-state index in [1.165, 1.54) is 12.1 Å². The number of amides is 2. The molecule has 1 aromatic rings. The lowest BCUT2D eigenvalue weighted by Gasteiger charge is -2.19. The highest BCUT2D eigenvalue weighted by Crippen LogP contribution is 2.25. The van der Waals surface area contributed by atoms with E-state index in [2.05, 4.69) is 0 Å². The van der Waals surface area contributed by atoms with Gasteiger partial charge in [0.1, 0.15) is 5.82 Å². The molecular weight excluding hydrogens is 309 g/mol. The summed E-state index contributed by atoms with van der Waals surface area (Å²) in [5.41, 5.74) is 6.39. The molecule has 0 saturated carbocycles. The van der Waals surface area contributed by atoms with Crippen LogP contribution >= 0.6 is 12.4 Å². The van der Waals surface area contributed by atoms with Gasteiger partial charge >= 0.3 is 0 Å². The predicted octanol–water partition coefficient (Wildman–Crippen LogP) is 1.55. The maximum absolute atomic E-state index is 14.0. The average Bonchev–Trinajstić information content (AvgIpc) is 3.07. The zero-order valence-corrected chi connectivity index (χ0v) is 12.9. The number of halogens is 2. The Kier molecular flexibility index (Phi) is 5.03. The number of hydrogen-bond donors (Lipinski definition) is 1. The largest absolute Gasteiger partial charge is 0.337 e. The number of benzene rings is 1. The van der Waals surface area contributed by atoms with E-state index in [9.17, 15) is 14.0 Å². The minimum atomic E-state index is -0.559. The number of nitrogens with zero attached hydrogens (tertiary/aromatic N) is 2. The van der Waals surface area contributed by atoms with Crippen molar-refractivity contribution in [2.24, 2.45) is 5.73 Å². The van der Waals surface area contributed by atoms with E-state index in [1.54, 1.807) is 15.9 Å². The molecule has 2 aliphatic rings. The molecule has 0 bridgehead atoms. The van der Waals surface area contributed by atoms with Crippen molar-refractivity contribution in [3.05, 3.63) is 29.6 Å². The van der Waals surface area contributed by atoms with Crippen LogP contribution in [0.1, 0.15) is 29.6 Å². The number of hydrogen-bond acceptors (Lipinski definition) is 3. The van der Waals surface area contributed by atoms with Gasteiger partial charge in [0.25, 0.3) is 5.91 Å².